The molecule has 0 spiro atoms. The Morgan fingerprint density at radius 3 is 3.05 bits per heavy atom. The maximum atomic E-state index is 11.9. The van der Waals surface area contributed by atoms with Gasteiger partial charge in [-0.05, 0) is 25.0 Å². The Balaban J connectivity index is 1.77. The van der Waals surface area contributed by atoms with E-state index < -0.39 is 5.76 Å². The SMILES string of the molecule is O=C(Nc1cccc(-c2noc(=O)[nH]2)c1)[C@H]1CCCO1. The van der Waals surface area contributed by atoms with Crippen molar-refractivity contribution in [2.45, 2.75) is 18.9 Å². The highest BCUT2D eigenvalue weighted by Crippen LogP contribution is 2.20. The van der Waals surface area contributed by atoms with Crippen LogP contribution in [0.3, 0.4) is 0 Å². The van der Waals surface area contributed by atoms with Gasteiger partial charge in [-0.15, -0.1) is 0 Å². The average molecular weight is 275 g/mol. The van der Waals surface area contributed by atoms with Crippen LogP contribution in [0.1, 0.15) is 12.8 Å². The van der Waals surface area contributed by atoms with E-state index in [9.17, 15) is 9.59 Å². The Kier molecular flexibility index (Phi) is 3.34. The summed E-state index contributed by atoms with van der Waals surface area (Å²) in [6.07, 6.45) is 1.26. The maximum Gasteiger partial charge on any atom is 0.439 e. The van der Waals surface area contributed by atoms with Crippen LogP contribution in [0.2, 0.25) is 0 Å². The number of anilines is 1. The number of nitrogens with one attached hydrogen (secondary N) is 2. The number of amides is 1. The van der Waals surface area contributed by atoms with E-state index in [1.54, 1.807) is 24.3 Å². The van der Waals surface area contributed by atoms with Gasteiger partial charge in [0.1, 0.15) is 6.10 Å². The number of aromatic amines is 1. The first kappa shape index (κ1) is 12.6. The molecule has 0 radical (unpaired) electrons. The first-order valence-electron chi connectivity index (χ1n) is 6.31. The van der Waals surface area contributed by atoms with Crippen LogP contribution in [0, 0.1) is 0 Å². The number of carbonyl (C=O) groups excluding carboxylic acids is 1. The van der Waals surface area contributed by atoms with Crippen LogP contribution in [0.15, 0.2) is 33.6 Å². The lowest BCUT2D eigenvalue weighted by Gasteiger charge is -2.10. The van der Waals surface area contributed by atoms with Crippen LogP contribution >= 0.6 is 0 Å². The molecule has 7 heteroatoms. The summed E-state index contributed by atoms with van der Waals surface area (Å²) in [4.78, 5) is 25.3. The molecule has 1 aliphatic rings. The molecule has 1 aromatic carbocycles. The number of aromatic nitrogens is 2. The molecule has 2 heterocycles. The van der Waals surface area contributed by atoms with E-state index in [1.165, 1.54) is 0 Å². The highest BCUT2D eigenvalue weighted by molar-refractivity contribution is 5.94. The fourth-order valence-electron chi connectivity index (χ4n) is 2.11. The highest BCUT2D eigenvalue weighted by Gasteiger charge is 2.23. The summed E-state index contributed by atoms with van der Waals surface area (Å²) in [5, 5.41) is 6.39. The number of rotatable bonds is 3. The van der Waals surface area contributed by atoms with Gasteiger partial charge >= 0.3 is 5.76 Å². The second-order valence-corrected chi connectivity index (χ2v) is 4.52. The second kappa shape index (κ2) is 5.30. The number of hydrogen-bond donors (Lipinski definition) is 2. The number of nitrogens with zero attached hydrogens (tertiary/aromatic N) is 1. The van der Waals surface area contributed by atoms with Gasteiger partial charge in [0.2, 0.25) is 0 Å². The third kappa shape index (κ3) is 2.62. The Morgan fingerprint density at radius 2 is 2.35 bits per heavy atom. The van der Waals surface area contributed by atoms with E-state index in [0.29, 0.717) is 23.7 Å². The standard InChI is InChI=1S/C13H13N3O4/c17-12(10-5-2-6-19-10)14-9-4-1-3-8(7-9)11-15-13(18)20-16-11/h1,3-4,7,10H,2,5-6H2,(H,14,17)(H,15,16,18)/t10-/m1/s1. The zero-order valence-corrected chi connectivity index (χ0v) is 10.6. The fourth-order valence-corrected chi connectivity index (χ4v) is 2.11. The number of carbonyl (C=O) groups is 1. The van der Waals surface area contributed by atoms with Gasteiger partial charge in [-0.3, -0.25) is 14.3 Å². The molecule has 0 aliphatic carbocycles. The first-order chi connectivity index (χ1) is 9.72. The third-order valence-corrected chi connectivity index (χ3v) is 3.07. The number of hydrogen-bond acceptors (Lipinski definition) is 5. The maximum absolute atomic E-state index is 11.9. The second-order valence-electron chi connectivity index (χ2n) is 4.52. The average Bonchev–Trinajstić information content (AvgIpc) is 3.10. The summed E-state index contributed by atoms with van der Waals surface area (Å²) in [6.45, 7) is 0.623. The molecule has 1 atom stereocenters. The summed E-state index contributed by atoms with van der Waals surface area (Å²) in [5.74, 6) is -0.453. The van der Waals surface area contributed by atoms with Crippen LogP contribution in [-0.2, 0) is 9.53 Å². The molecule has 0 unspecified atom stereocenters. The lowest BCUT2D eigenvalue weighted by molar-refractivity contribution is -0.124. The van der Waals surface area contributed by atoms with Crippen LogP contribution in [0.5, 0.6) is 0 Å². The Hall–Kier alpha value is -2.41. The summed E-state index contributed by atoms with van der Waals surface area (Å²) < 4.78 is 9.77. The van der Waals surface area contributed by atoms with E-state index >= 15 is 0 Å². The molecule has 1 saturated heterocycles. The summed E-state index contributed by atoms with van der Waals surface area (Å²) in [5.41, 5.74) is 1.27. The predicted octanol–water partition coefficient (Wildman–Crippen LogP) is 1.15. The van der Waals surface area contributed by atoms with Crippen molar-refractivity contribution in [2.24, 2.45) is 0 Å². The lowest BCUT2D eigenvalue weighted by atomic mass is 10.1. The predicted molar refractivity (Wildman–Crippen MR) is 70.2 cm³/mol. The quantitative estimate of drug-likeness (QED) is 0.875. The van der Waals surface area contributed by atoms with Gasteiger partial charge < -0.3 is 10.1 Å². The molecule has 0 bridgehead atoms. The minimum absolute atomic E-state index is 0.159. The summed E-state index contributed by atoms with van der Waals surface area (Å²) in [7, 11) is 0. The van der Waals surface area contributed by atoms with E-state index in [-0.39, 0.29) is 12.0 Å². The van der Waals surface area contributed by atoms with Crippen molar-refractivity contribution in [1.82, 2.24) is 10.1 Å². The van der Waals surface area contributed by atoms with E-state index in [0.717, 1.165) is 12.8 Å². The summed E-state index contributed by atoms with van der Waals surface area (Å²) >= 11 is 0. The Bertz CT molecular complexity index is 670. The van der Waals surface area contributed by atoms with Gasteiger partial charge in [0.25, 0.3) is 5.91 Å². The highest BCUT2D eigenvalue weighted by atomic mass is 16.5. The van der Waals surface area contributed by atoms with Gasteiger partial charge in [0.05, 0.1) is 0 Å². The Labute approximate surface area is 113 Å². The van der Waals surface area contributed by atoms with E-state index in [2.05, 4.69) is 20.0 Å². The molecular weight excluding hydrogens is 262 g/mol. The van der Waals surface area contributed by atoms with Crippen molar-refractivity contribution < 1.29 is 14.1 Å². The molecule has 1 fully saturated rings. The van der Waals surface area contributed by atoms with Crippen LogP contribution in [0.25, 0.3) is 11.4 Å². The molecular formula is C13H13N3O4. The van der Waals surface area contributed by atoms with Crippen LogP contribution < -0.4 is 11.1 Å². The monoisotopic (exact) mass is 275 g/mol. The minimum atomic E-state index is -0.617. The molecule has 1 amide bonds. The largest absolute Gasteiger partial charge is 0.439 e. The number of benzene rings is 1. The third-order valence-electron chi connectivity index (χ3n) is 3.07. The van der Waals surface area contributed by atoms with Crippen molar-refractivity contribution in [3.05, 3.63) is 34.8 Å². The molecule has 1 aromatic heterocycles. The summed E-state index contributed by atoms with van der Waals surface area (Å²) in [6, 6.07) is 6.98. The van der Waals surface area contributed by atoms with Crippen molar-refractivity contribution in [3.8, 4) is 11.4 Å². The van der Waals surface area contributed by atoms with Gasteiger partial charge in [0, 0.05) is 17.9 Å². The normalized spacial score (nSPS) is 18.1. The number of H-pyrrole nitrogens is 1. The van der Waals surface area contributed by atoms with E-state index in [1.807, 2.05) is 0 Å². The molecule has 3 rings (SSSR count). The topological polar surface area (TPSA) is 97.2 Å². The number of ether oxygens (including phenoxy) is 1. The van der Waals surface area contributed by atoms with Crippen LogP contribution in [0.4, 0.5) is 5.69 Å². The van der Waals surface area contributed by atoms with Gasteiger partial charge in [0.15, 0.2) is 5.82 Å². The van der Waals surface area contributed by atoms with Gasteiger partial charge in [-0.1, -0.05) is 17.3 Å². The molecule has 2 aromatic rings. The van der Waals surface area contributed by atoms with Crippen molar-refractivity contribution >= 4 is 11.6 Å². The van der Waals surface area contributed by atoms with Crippen molar-refractivity contribution in [1.29, 1.82) is 0 Å². The van der Waals surface area contributed by atoms with Crippen LogP contribution in [-0.4, -0.2) is 28.8 Å². The smallest absolute Gasteiger partial charge is 0.368 e. The lowest BCUT2D eigenvalue weighted by Crippen LogP contribution is -2.26. The fraction of sp³-hybridized carbons (Fsp3) is 0.308. The first-order valence-corrected chi connectivity index (χ1v) is 6.31. The minimum Gasteiger partial charge on any atom is -0.368 e. The zero-order valence-electron chi connectivity index (χ0n) is 10.6. The molecule has 7 nitrogen and oxygen atoms in total. The zero-order chi connectivity index (χ0) is 13.9. The molecule has 20 heavy (non-hydrogen) atoms. The molecule has 0 saturated carbocycles. The van der Waals surface area contributed by atoms with Crippen molar-refractivity contribution in [3.63, 3.8) is 0 Å². The molecule has 2 N–H and O–H groups in total. The molecule has 1 aliphatic heterocycles. The van der Waals surface area contributed by atoms with Gasteiger partial charge in [-0.25, -0.2) is 4.79 Å². The van der Waals surface area contributed by atoms with Crippen molar-refractivity contribution in [2.75, 3.05) is 11.9 Å². The van der Waals surface area contributed by atoms with E-state index in [4.69, 9.17) is 4.74 Å². The molecule has 104 valence electrons. The Morgan fingerprint density at radius 1 is 1.45 bits per heavy atom. The van der Waals surface area contributed by atoms with Gasteiger partial charge in [-0.2, -0.15) is 0 Å².